The summed E-state index contributed by atoms with van der Waals surface area (Å²) < 4.78 is 6.99. The number of allylic oxidation sites excluding steroid dienone is 2. The molecule has 0 saturated carbocycles. The molecule has 0 spiro atoms. The molecule has 1 aliphatic carbocycles. The maximum Gasteiger partial charge on any atom is 0.192 e. The highest BCUT2D eigenvalue weighted by atomic mass is 32.2. The highest BCUT2D eigenvalue weighted by molar-refractivity contribution is 8.03. The van der Waals surface area contributed by atoms with Gasteiger partial charge in [0.05, 0.1) is 6.10 Å². The third-order valence-electron chi connectivity index (χ3n) is 7.75. The molecule has 0 bridgehead atoms. The molecular formula is C30H50OSSi. The first kappa shape index (κ1) is 28.5. The zero-order valence-corrected chi connectivity index (χ0v) is 25.1. The second-order valence-corrected chi connectivity index (χ2v) is 18.8. The van der Waals surface area contributed by atoms with Gasteiger partial charge in [-0.1, -0.05) is 104 Å². The molecule has 33 heavy (non-hydrogen) atoms. The molecule has 0 aliphatic heterocycles. The third-order valence-corrected chi connectivity index (χ3v) is 13.3. The van der Waals surface area contributed by atoms with Crippen LogP contribution in [0.1, 0.15) is 81.6 Å². The lowest BCUT2D eigenvalue weighted by Gasteiger charge is -2.42. The van der Waals surface area contributed by atoms with E-state index in [1.807, 2.05) is 11.8 Å². The predicted octanol–water partition coefficient (Wildman–Crippen LogP) is 10.1. The van der Waals surface area contributed by atoms with Crippen molar-refractivity contribution in [3.05, 3.63) is 53.0 Å². The lowest BCUT2D eigenvalue weighted by atomic mass is 9.73. The summed E-state index contributed by atoms with van der Waals surface area (Å²) in [4.78, 5) is 2.76. The van der Waals surface area contributed by atoms with Gasteiger partial charge in [0.1, 0.15) is 0 Å². The average molecular weight is 487 g/mol. The van der Waals surface area contributed by atoms with E-state index in [1.165, 1.54) is 34.6 Å². The molecule has 0 fully saturated rings. The Morgan fingerprint density at radius 3 is 2.09 bits per heavy atom. The van der Waals surface area contributed by atoms with Crippen molar-refractivity contribution < 1.29 is 4.43 Å². The van der Waals surface area contributed by atoms with Crippen molar-refractivity contribution in [3.8, 4) is 0 Å². The van der Waals surface area contributed by atoms with Gasteiger partial charge < -0.3 is 4.43 Å². The maximum absolute atomic E-state index is 6.99. The second kappa shape index (κ2) is 11.3. The molecule has 0 aromatic heterocycles. The van der Waals surface area contributed by atoms with Crippen LogP contribution in [0.15, 0.2) is 57.9 Å². The Morgan fingerprint density at radius 1 is 1.03 bits per heavy atom. The second-order valence-electron chi connectivity index (χ2n) is 13.0. The first-order chi connectivity index (χ1) is 15.1. The molecular weight excluding hydrogens is 436 g/mol. The van der Waals surface area contributed by atoms with Crippen LogP contribution >= 0.6 is 11.8 Å². The zero-order chi connectivity index (χ0) is 25.0. The van der Waals surface area contributed by atoms with Gasteiger partial charge in [-0.05, 0) is 72.4 Å². The summed E-state index contributed by atoms with van der Waals surface area (Å²) >= 11 is 1.93. The highest BCUT2D eigenvalue weighted by Crippen LogP contribution is 2.44. The summed E-state index contributed by atoms with van der Waals surface area (Å²) in [5.74, 6) is 1.62. The fraction of sp³-hybridized carbons (Fsp3) is 0.667. The monoisotopic (exact) mass is 486 g/mol. The molecule has 3 heteroatoms. The summed E-state index contributed by atoms with van der Waals surface area (Å²) in [6.07, 6.45) is 8.95. The lowest BCUT2D eigenvalue weighted by Crippen LogP contribution is -2.46. The van der Waals surface area contributed by atoms with Crippen molar-refractivity contribution in [3.63, 3.8) is 0 Å². The van der Waals surface area contributed by atoms with Gasteiger partial charge in [0.25, 0.3) is 0 Å². The van der Waals surface area contributed by atoms with Crippen LogP contribution in [0.4, 0.5) is 0 Å². The van der Waals surface area contributed by atoms with Crippen molar-refractivity contribution in [2.24, 2.45) is 23.2 Å². The number of benzene rings is 1. The standard InChI is InChI=1S/C30H50OSSi/c1-22(2)28(31-33(10,11)30(7,8)9)23(3)21-27(32-26-15-13-12-14-16-26)24-17-19-25(20-18-24)29(4,5)6/h12-17,21-23,25,28H,18-20H2,1-11H3/b27-21-/t23-,25?,28+/m0/s1. The van der Waals surface area contributed by atoms with E-state index in [2.05, 4.69) is 118 Å². The van der Waals surface area contributed by atoms with Crippen LogP contribution < -0.4 is 0 Å². The molecule has 0 amide bonds. The molecule has 186 valence electrons. The summed E-state index contributed by atoms with van der Waals surface area (Å²) in [6, 6.07) is 10.9. The van der Waals surface area contributed by atoms with Crippen LogP contribution in [0, 0.1) is 23.2 Å². The Labute approximate surface area is 211 Å². The largest absolute Gasteiger partial charge is 0.413 e. The van der Waals surface area contributed by atoms with E-state index >= 15 is 0 Å². The van der Waals surface area contributed by atoms with Crippen molar-refractivity contribution in [1.29, 1.82) is 0 Å². The molecule has 2 rings (SSSR count). The van der Waals surface area contributed by atoms with Gasteiger partial charge in [0, 0.05) is 15.7 Å². The molecule has 0 saturated heterocycles. The molecule has 1 aliphatic rings. The molecule has 3 atom stereocenters. The van der Waals surface area contributed by atoms with Crippen molar-refractivity contribution in [2.45, 2.75) is 111 Å². The van der Waals surface area contributed by atoms with Gasteiger partial charge in [-0.25, -0.2) is 0 Å². The first-order valence-corrected chi connectivity index (χ1v) is 16.7. The number of hydrogen-bond acceptors (Lipinski definition) is 2. The van der Waals surface area contributed by atoms with Crippen LogP contribution in [0.5, 0.6) is 0 Å². The van der Waals surface area contributed by atoms with Crippen LogP contribution in [0.25, 0.3) is 0 Å². The molecule has 1 unspecified atom stereocenters. The van der Waals surface area contributed by atoms with E-state index in [0.717, 1.165) is 5.92 Å². The van der Waals surface area contributed by atoms with Gasteiger partial charge in [-0.15, -0.1) is 0 Å². The minimum absolute atomic E-state index is 0.221. The summed E-state index contributed by atoms with van der Waals surface area (Å²) in [5.41, 5.74) is 1.91. The van der Waals surface area contributed by atoms with Gasteiger partial charge in [0.15, 0.2) is 8.32 Å². The molecule has 0 heterocycles. The van der Waals surface area contributed by atoms with Crippen molar-refractivity contribution in [2.75, 3.05) is 0 Å². The molecule has 1 nitrogen and oxygen atoms in total. The van der Waals surface area contributed by atoms with Crippen molar-refractivity contribution in [1.82, 2.24) is 0 Å². The molecule has 0 radical (unpaired) electrons. The predicted molar refractivity (Wildman–Crippen MR) is 151 cm³/mol. The van der Waals surface area contributed by atoms with E-state index in [9.17, 15) is 0 Å². The minimum atomic E-state index is -1.84. The third kappa shape index (κ3) is 8.15. The Hall–Kier alpha value is -0.773. The summed E-state index contributed by atoms with van der Waals surface area (Å²) in [7, 11) is -1.84. The van der Waals surface area contributed by atoms with Gasteiger partial charge in [0.2, 0.25) is 0 Å². The topological polar surface area (TPSA) is 9.23 Å². The Bertz CT molecular complexity index is 808. The van der Waals surface area contributed by atoms with E-state index < -0.39 is 8.32 Å². The average Bonchev–Trinajstić information content (AvgIpc) is 2.70. The zero-order valence-electron chi connectivity index (χ0n) is 23.3. The summed E-state index contributed by atoms with van der Waals surface area (Å²) in [5, 5.41) is 0.221. The van der Waals surface area contributed by atoms with E-state index in [4.69, 9.17) is 4.43 Å². The lowest BCUT2D eigenvalue weighted by molar-refractivity contribution is 0.100. The summed E-state index contributed by atoms with van der Waals surface area (Å²) in [6.45, 7) is 26.0. The Morgan fingerprint density at radius 2 is 1.64 bits per heavy atom. The van der Waals surface area contributed by atoms with Gasteiger partial charge in [-0.2, -0.15) is 0 Å². The number of thioether (sulfide) groups is 1. The Balaban J connectivity index is 2.36. The van der Waals surface area contributed by atoms with Crippen LogP contribution in [-0.4, -0.2) is 14.4 Å². The van der Waals surface area contributed by atoms with Crippen LogP contribution in [0.3, 0.4) is 0 Å². The van der Waals surface area contributed by atoms with E-state index in [1.54, 1.807) is 0 Å². The van der Waals surface area contributed by atoms with E-state index in [-0.39, 0.29) is 11.1 Å². The fourth-order valence-electron chi connectivity index (χ4n) is 4.37. The quantitative estimate of drug-likeness (QED) is 0.267. The van der Waals surface area contributed by atoms with Crippen molar-refractivity contribution >= 4 is 20.1 Å². The number of rotatable bonds is 8. The first-order valence-electron chi connectivity index (χ1n) is 12.9. The normalized spacial score (nSPS) is 20.5. The molecule has 0 N–H and O–H groups in total. The molecule has 1 aromatic rings. The van der Waals surface area contributed by atoms with Crippen LogP contribution in [-0.2, 0) is 4.43 Å². The molecule has 1 aromatic carbocycles. The van der Waals surface area contributed by atoms with Gasteiger partial charge in [-0.3, -0.25) is 0 Å². The number of hydrogen-bond donors (Lipinski definition) is 0. The minimum Gasteiger partial charge on any atom is -0.413 e. The van der Waals surface area contributed by atoms with E-state index in [0.29, 0.717) is 17.3 Å². The fourth-order valence-corrected chi connectivity index (χ4v) is 7.03. The maximum atomic E-state index is 6.99. The smallest absolute Gasteiger partial charge is 0.192 e. The highest BCUT2D eigenvalue weighted by Gasteiger charge is 2.40. The van der Waals surface area contributed by atoms with Gasteiger partial charge >= 0.3 is 0 Å². The SMILES string of the molecule is CC(C)[C@@H](O[Si](C)(C)C(C)(C)C)[C@@H](C)/C=C(\Sc1ccccc1)C1=CCC(C(C)(C)C)CC1. The Kier molecular flexibility index (Phi) is 9.75. The van der Waals surface area contributed by atoms with Crippen LogP contribution in [0.2, 0.25) is 18.1 Å².